The van der Waals surface area contributed by atoms with E-state index in [0.717, 1.165) is 6.42 Å². The SMILES string of the molecule is CC(C)CC(C)NCC(O)COc1cccc(C#N)c1. The molecular formula is C16H24N2O2. The van der Waals surface area contributed by atoms with E-state index in [1.54, 1.807) is 24.3 Å². The number of aliphatic hydroxyl groups is 1. The summed E-state index contributed by atoms with van der Waals surface area (Å²) in [5.74, 6) is 1.25. The minimum atomic E-state index is -0.560. The van der Waals surface area contributed by atoms with Crippen LogP contribution in [0.2, 0.25) is 0 Å². The molecule has 0 fully saturated rings. The zero-order valence-corrected chi connectivity index (χ0v) is 12.5. The molecule has 0 aromatic heterocycles. The Labute approximate surface area is 121 Å². The number of rotatable bonds is 8. The fourth-order valence-corrected chi connectivity index (χ4v) is 2.03. The molecule has 1 aromatic rings. The van der Waals surface area contributed by atoms with Crippen LogP contribution in [-0.4, -0.2) is 30.4 Å². The highest BCUT2D eigenvalue weighted by molar-refractivity contribution is 5.36. The van der Waals surface area contributed by atoms with Crippen molar-refractivity contribution in [1.82, 2.24) is 5.32 Å². The van der Waals surface area contributed by atoms with Gasteiger partial charge in [0.1, 0.15) is 18.5 Å². The highest BCUT2D eigenvalue weighted by atomic mass is 16.5. The number of hydrogen-bond donors (Lipinski definition) is 2. The lowest BCUT2D eigenvalue weighted by Gasteiger charge is -2.19. The van der Waals surface area contributed by atoms with Gasteiger partial charge in [0.2, 0.25) is 0 Å². The molecule has 2 atom stereocenters. The van der Waals surface area contributed by atoms with Crippen molar-refractivity contribution in [2.75, 3.05) is 13.2 Å². The van der Waals surface area contributed by atoms with Crippen molar-refractivity contribution in [2.24, 2.45) is 5.92 Å². The fraction of sp³-hybridized carbons (Fsp3) is 0.562. The van der Waals surface area contributed by atoms with Crippen LogP contribution < -0.4 is 10.1 Å². The first-order chi connectivity index (χ1) is 9.51. The predicted octanol–water partition coefficient (Wildman–Crippen LogP) is 2.32. The fourth-order valence-electron chi connectivity index (χ4n) is 2.03. The topological polar surface area (TPSA) is 65.3 Å². The summed E-state index contributed by atoms with van der Waals surface area (Å²) in [6.45, 7) is 7.20. The standard InChI is InChI=1S/C16H24N2O2/c1-12(2)7-13(3)18-10-15(19)11-20-16-6-4-5-14(8-16)9-17/h4-6,8,12-13,15,18-19H,7,10-11H2,1-3H3. The summed E-state index contributed by atoms with van der Waals surface area (Å²) >= 11 is 0. The third-order valence-electron chi connectivity index (χ3n) is 2.93. The molecule has 4 heteroatoms. The minimum Gasteiger partial charge on any atom is -0.491 e. The van der Waals surface area contributed by atoms with Gasteiger partial charge in [0.15, 0.2) is 0 Å². The number of hydrogen-bond acceptors (Lipinski definition) is 4. The van der Waals surface area contributed by atoms with E-state index < -0.39 is 6.10 Å². The molecule has 110 valence electrons. The molecule has 2 N–H and O–H groups in total. The summed E-state index contributed by atoms with van der Waals surface area (Å²) in [5.41, 5.74) is 0.556. The Morgan fingerprint density at radius 3 is 2.75 bits per heavy atom. The molecule has 0 radical (unpaired) electrons. The molecule has 0 saturated carbocycles. The van der Waals surface area contributed by atoms with Gasteiger partial charge in [-0.15, -0.1) is 0 Å². The van der Waals surface area contributed by atoms with Crippen LogP contribution in [0.4, 0.5) is 0 Å². The maximum absolute atomic E-state index is 9.87. The van der Waals surface area contributed by atoms with E-state index in [1.165, 1.54) is 0 Å². The van der Waals surface area contributed by atoms with Gasteiger partial charge in [-0.1, -0.05) is 19.9 Å². The molecule has 1 rings (SSSR count). The second kappa shape index (κ2) is 8.57. The Kier molecular flexibility index (Phi) is 7.06. The first-order valence-electron chi connectivity index (χ1n) is 7.05. The van der Waals surface area contributed by atoms with Gasteiger partial charge in [0.25, 0.3) is 0 Å². The molecule has 4 nitrogen and oxygen atoms in total. The maximum atomic E-state index is 9.87. The van der Waals surface area contributed by atoms with Crippen LogP contribution in [0.5, 0.6) is 5.75 Å². The zero-order chi connectivity index (χ0) is 15.0. The van der Waals surface area contributed by atoms with Gasteiger partial charge < -0.3 is 15.2 Å². The second-order valence-electron chi connectivity index (χ2n) is 5.54. The molecule has 0 saturated heterocycles. The van der Waals surface area contributed by atoms with Crippen molar-refractivity contribution in [3.63, 3.8) is 0 Å². The first kappa shape index (κ1) is 16.5. The molecule has 0 amide bonds. The quantitative estimate of drug-likeness (QED) is 0.765. The summed E-state index contributed by atoms with van der Waals surface area (Å²) in [4.78, 5) is 0. The molecule has 0 bridgehead atoms. The van der Waals surface area contributed by atoms with Crippen molar-refractivity contribution >= 4 is 0 Å². The van der Waals surface area contributed by atoms with Crippen LogP contribution in [0.15, 0.2) is 24.3 Å². The Morgan fingerprint density at radius 1 is 1.35 bits per heavy atom. The van der Waals surface area contributed by atoms with Crippen molar-refractivity contribution in [3.05, 3.63) is 29.8 Å². The predicted molar refractivity (Wildman–Crippen MR) is 79.6 cm³/mol. The van der Waals surface area contributed by atoms with Crippen LogP contribution in [0.25, 0.3) is 0 Å². The molecule has 20 heavy (non-hydrogen) atoms. The number of nitrogens with zero attached hydrogens (tertiary/aromatic N) is 1. The Balaban J connectivity index is 2.29. The van der Waals surface area contributed by atoms with Gasteiger partial charge in [0.05, 0.1) is 11.6 Å². The van der Waals surface area contributed by atoms with Crippen LogP contribution in [-0.2, 0) is 0 Å². The van der Waals surface area contributed by atoms with E-state index >= 15 is 0 Å². The Morgan fingerprint density at radius 2 is 2.10 bits per heavy atom. The lowest BCUT2D eigenvalue weighted by molar-refractivity contribution is 0.103. The molecule has 0 aliphatic heterocycles. The number of nitrogens with one attached hydrogen (secondary N) is 1. The average Bonchev–Trinajstić information content (AvgIpc) is 2.42. The van der Waals surface area contributed by atoms with Gasteiger partial charge >= 0.3 is 0 Å². The van der Waals surface area contributed by atoms with E-state index in [-0.39, 0.29) is 6.61 Å². The summed E-state index contributed by atoms with van der Waals surface area (Å²) in [6, 6.07) is 9.38. The summed E-state index contributed by atoms with van der Waals surface area (Å²) in [5, 5.41) is 21.9. The average molecular weight is 276 g/mol. The van der Waals surface area contributed by atoms with Gasteiger partial charge in [-0.05, 0) is 37.5 Å². The second-order valence-corrected chi connectivity index (χ2v) is 5.54. The molecule has 0 spiro atoms. The maximum Gasteiger partial charge on any atom is 0.120 e. The van der Waals surface area contributed by atoms with E-state index in [0.29, 0.717) is 29.8 Å². The van der Waals surface area contributed by atoms with E-state index in [4.69, 9.17) is 10.00 Å². The molecule has 1 aromatic carbocycles. The van der Waals surface area contributed by atoms with Gasteiger partial charge in [-0.2, -0.15) is 5.26 Å². The van der Waals surface area contributed by atoms with Crippen LogP contribution in [0.3, 0.4) is 0 Å². The largest absolute Gasteiger partial charge is 0.491 e. The molecule has 0 heterocycles. The molecular weight excluding hydrogens is 252 g/mol. The first-order valence-corrected chi connectivity index (χ1v) is 7.05. The molecule has 0 aliphatic rings. The van der Waals surface area contributed by atoms with Gasteiger partial charge in [-0.25, -0.2) is 0 Å². The normalized spacial score (nSPS) is 13.8. The molecule has 0 aliphatic carbocycles. The zero-order valence-electron chi connectivity index (χ0n) is 12.5. The lowest BCUT2D eigenvalue weighted by atomic mass is 10.1. The van der Waals surface area contributed by atoms with E-state index in [1.807, 2.05) is 0 Å². The van der Waals surface area contributed by atoms with Crippen LogP contribution >= 0.6 is 0 Å². The van der Waals surface area contributed by atoms with Crippen LogP contribution in [0, 0.1) is 17.2 Å². The summed E-state index contributed by atoms with van der Waals surface area (Å²) in [7, 11) is 0. The van der Waals surface area contributed by atoms with Crippen molar-refractivity contribution in [2.45, 2.75) is 39.3 Å². The van der Waals surface area contributed by atoms with E-state index in [9.17, 15) is 5.11 Å². The van der Waals surface area contributed by atoms with Crippen molar-refractivity contribution in [3.8, 4) is 11.8 Å². The Hall–Kier alpha value is -1.57. The van der Waals surface area contributed by atoms with Crippen molar-refractivity contribution < 1.29 is 9.84 Å². The number of benzene rings is 1. The van der Waals surface area contributed by atoms with Crippen LogP contribution in [0.1, 0.15) is 32.8 Å². The highest BCUT2D eigenvalue weighted by Crippen LogP contribution is 2.12. The molecule has 2 unspecified atom stereocenters. The van der Waals surface area contributed by atoms with Crippen molar-refractivity contribution in [1.29, 1.82) is 5.26 Å². The summed E-state index contributed by atoms with van der Waals surface area (Å²) < 4.78 is 5.48. The van der Waals surface area contributed by atoms with E-state index in [2.05, 4.69) is 32.2 Å². The summed E-state index contributed by atoms with van der Waals surface area (Å²) in [6.07, 6.45) is 0.521. The third kappa shape index (κ3) is 6.55. The highest BCUT2D eigenvalue weighted by Gasteiger charge is 2.09. The number of ether oxygens (including phenoxy) is 1. The lowest BCUT2D eigenvalue weighted by Crippen LogP contribution is -2.37. The third-order valence-corrected chi connectivity index (χ3v) is 2.93. The van der Waals surface area contributed by atoms with Gasteiger partial charge in [0, 0.05) is 12.6 Å². The Bertz CT molecular complexity index is 440. The van der Waals surface area contributed by atoms with Gasteiger partial charge in [-0.3, -0.25) is 0 Å². The monoisotopic (exact) mass is 276 g/mol. The smallest absolute Gasteiger partial charge is 0.120 e. The number of nitriles is 1. The minimum absolute atomic E-state index is 0.219. The number of aliphatic hydroxyl groups excluding tert-OH is 1.